The van der Waals surface area contributed by atoms with Crippen LogP contribution in [0.4, 0.5) is 4.39 Å². The van der Waals surface area contributed by atoms with Crippen molar-refractivity contribution in [2.45, 2.75) is 32.7 Å². The number of halogens is 2. The fraction of sp³-hybridized carbons (Fsp3) is 0.400. The van der Waals surface area contributed by atoms with Crippen molar-refractivity contribution in [3.05, 3.63) is 39.7 Å². The molecule has 21 heavy (non-hydrogen) atoms. The monoisotopic (exact) mass is 355 g/mol. The van der Waals surface area contributed by atoms with Crippen LogP contribution in [0.3, 0.4) is 0 Å². The normalized spacial score (nSPS) is 12.5. The summed E-state index contributed by atoms with van der Waals surface area (Å²) in [5.41, 5.74) is 7.93. The Balaban J connectivity index is 2.32. The first-order chi connectivity index (χ1) is 9.92. The van der Waals surface area contributed by atoms with Gasteiger partial charge in [0, 0.05) is 18.7 Å². The van der Waals surface area contributed by atoms with Crippen LogP contribution in [0.1, 0.15) is 24.6 Å². The molecule has 2 N–H and O–H groups in total. The van der Waals surface area contributed by atoms with E-state index >= 15 is 0 Å². The highest BCUT2D eigenvalue weighted by Crippen LogP contribution is 2.30. The van der Waals surface area contributed by atoms with Gasteiger partial charge in [-0.2, -0.15) is 5.10 Å². The van der Waals surface area contributed by atoms with E-state index in [-0.39, 0.29) is 11.9 Å². The predicted octanol–water partition coefficient (Wildman–Crippen LogP) is 3.70. The molecular formula is C15H19BrFN3O. The van der Waals surface area contributed by atoms with Crippen LogP contribution >= 0.6 is 15.9 Å². The highest BCUT2D eigenvalue weighted by molar-refractivity contribution is 9.10. The van der Waals surface area contributed by atoms with Gasteiger partial charge in [-0.15, -0.1) is 0 Å². The molecule has 6 heteroatoms. The van der Waals surface area contributed by atoms with Crippen molar-refractivity contribution in [1.29, 1.82) is 0 Å². The topological polar surface area (TPSA) is 53.1 Å². The van der Waals surface area contributed by atoms with Gasteiger partial charge in [0.25, 0.3) is 0 Å². The van der Waals surface area contributed by atoms with E-state index in [4.69, 9.17) is 10.5 Å². The third-order valence-electron chi connectivity index (χ3n) is 3.39. The number of ether oxygens (including phenoxy) is 1. The zero-order valence-electron chi connectivity index (χ0n) is 12.4. The largest absolute Gasteiger partial charge is 0.439 e. The lowest BCUT2D eigenvalue weighted by atomic mass is 10.1. The molecule has 1 heterocycles. The lowest BCUT2D eigenvalue weighted by molar-refractivity contribution is 0.422. The quantitative estimate of drug-likeness (QED) is 0.889. The Morgan fingerprint density at radius 2 is 2.19 bits per heavy atom. The van der Waals surface area contributed by atoms with Crippen molar-refractivity contribution in [3.63, 3.8) is 0 Å². The van der Waals surface area contributed by atoms with Gasteiger partial charge >= 0.3 is 0 Å². The molecule has 0 fully saturated rings. The molecular weight excluding hydrogens is 337 g/mol. The molecule has 0 spiro atoms. The van der Waals surface area contributed by atoms with E-state index in [0.717, 1.165) is 17.7 Å². The molecule has 0 saturated heterocycles. The van der Waals surface area contributed by atoms with Gasteiger partial charge in [0.1, 0.15) is 11.6 Å². The van der Waals surface area contributed by atoms with Crippen LogP contribution in [0.15, 0.2) is 22.7 Å². The lowest BCUT2D eigenvalue weighted by Gasteiger charge is -2.12. The van der Waals surface area contributed by atoms with Crippen molar-refractivity contribution in [2.75, 3.05) is 0 Å². The van der Waals surface area contributed by atoms with Crippen LogP contribution in [-0.2, 0) is 13.5 Å². The second kappa shape index (κ2) is 6.58. The molecule has 4 nitrogen and oxygen atoms in total. The van der Waals surface area contributed by atoms with Crippen LogP contribution in [0, 0.1) is 12.7 Å². The van der Waals surface area contributed by atoms with Crippen LogP contribution in [0.5, 0.6) is 11.6 Å². The maximum Gasteiger partial charge on any atom is 0.221 e. The Hall–Kier alpha value is -1.40. The zero-order valence-corrected chi connectivity index (χ0v) is 13.9. The molecule has 0 amide bonds. The molecule has 0 aliphatic heterocycles. The number of benzene rings is 1. The first kappa shape index (κ1) is 16.0. The van der Waals surface area contributed by atoms with E-state index in [1.54, 1.807) is 16.8 Å². The Bertz CT molecular complexity index is 642. The Morgan fingerprint density at radius 1 is 1.48 bits per heavy atom. The summed E-state index contributed by atoms with van der Waals surface area (Å²) >= 11 is 3.16. The Morgan fingerprint density at radius 3 is 2.81 bits per heavy atom. The molecule has 0 aliphatic carbocycles. The summed E-state index contributed by atoms with van der Waals surface area (Å²) in [4.78, 5) is 0. The van der Waals surface area contributed by atoms with Crippen molar-refractivity contribution >= 4 is 15.9 Å². The van der Waals surface area contributed by atoms with Gasteiger partial charge in [0.15, 0.2) is 0 Å². The van der Waals surface area contributed by atoms with Crippen LogP contribution in [0.25, 0.3) is 0 Å². The standard InChI is InChI=1S/C15H19BrFN3O/c1-4-10(18)7-12-9(2)19-20(3)15(12)21-11-5-6-14(17)13(16)8-11/h5-6,8,10H,4,7,18H2,1-3H3. The van der Waals surface area contributed by atoms with Crippen molar-refractivity contribution in [3.8, 4) is 11.6 Å². The van der Waals surface area contributed by atoms with Gasteiger partial charge in [-0.1, -0.05) is 6.92 Å². The minimum absolute atomic E-state index is 0.0650. The maximum atomic E-state index is 13.3. The summed E-state index contributed by atoms with van der Waals surface area (Å²) in [6, 6.07) is 4.61. The molecule has 1 unspecified atom stereocenters. The average molecular weight is 356 g/mol. The van der Waals surface area contributed by atoms with Gasteiger partial charge in [0.05, 0.1) is 10.2 Å². The third-order valence-corrected chi connectivity index (χ3v) is 3.99. The molecule has 0 bridgehead atoms. The number of rotatable bonds is 5. The summed E-state index contributed by atoms with van der Waals surface area (Å²) in [6.45, 7) is 3.99. The first-order valence-electron chi connectivity index (χ1n) is 6.83. The highest BCUT2D eigenvalue weighted by atomic mass is 79.9. The van der Waals surface area contributed by atoms with Crippen molar-refractivity contribution in [2.24, 2.45) is 12.8 Å². The number of nitrogens with zero attached hydrogens (tertiary/aromatic N) is 2. The first-order valence-corrected chi connectivity index (χ1v) is 7.62. The van der Waals surface area contributed by atoms with E-state index in [2.05, 4.69) is 21.0 Å². The highest BCUT2D eigenvalue weighted by Gasteiger charge is 2.18. The average Bonchev–Trinajstić information content (AvgIpc) is 2.69. The van der Waals surface area contributed by atoms with Gasteiger partial charge in [0.2, 0.25) is 5.88 Å². The van der Waals surface area contributed by atoms with Gasteiger partial charge in [-0.3, -0.25) is 0 Å². The number of hydrogen-bond donors (Lipinski definition) is 1. The maximum absolute atomic E-state index is 13.3. The van der Waals surface area contributed by atoms with Gasteiger partial charge in [-0.25, -0.2) is 9.07 Å². The number of nitrogens with two attached hydrogens (primary N) is 1. The van der Waals surface area contributed by atoms with E-state index in [1.165, 1.54) is 6.07 Å². The second-order valence-corrected chi connectivity index (χ2v) is 5.90. The summed E-state index contributed by atoms with van der Waals surface area (Å²) in [6.07, 6.45) is 1.59. The Labute approximate surface area is 132 Å². The number of hydrogen-bond acceptors (Lipinski definition) is 3. The molecule has 0 radical (unpaired) electrons. The minimum Gasteiger partial charge on any atom is -0.439 e. The van der Waals surface area contributed by atoms with Crippen molar-refractivity contribution < 1.29 is 9.13 Å². The minimum atomic E-state index is -0.322. The number of aromatic nitrogens is 2. The second-order valence-electron chi connectivity index (χ2n) is 5.04. The zero-order chi connectivity index (χ0) is 15.6. The van der Waals surface area contributed by atoms with E-state index in [1.807, 2.05) is 20.9 Å². The third kappa shape index (κ3) is 3.63. The fourth-order valence-electron chi connectivity index (χ4n) is 2.10. The molecule has 114 valence electrons. The summed E-state index contributed by atoms with van der Waals surface area (Å²) in [7, 11) is 1.82. The smallest absolute Gasteiger partial charge is 0.221 e. The molecule has 2 aromatic rings. The predicted molar refractivity (Wildman–Crippen MR) is 84.1 cm³/mol. The van der Waals surface area contributed by atoms with Crippen LogP contribution in [-0.4, -0.2) is 15.8 Å². The molecule has 0 saturated carbocycles. The molecule has 1 aromatic carbocycles. The van der Waals surface area contributed by atoms with E-state index < -0.39 is 0 Å². The summed E-state index contributed by atoms with van der Waals surface area (Å²) in [5, 5.41) is 4.38. The van der Waals surface area contributed by atoms with Crippen LogP contribution in [0.2, 0.25) is 0 Å². The SMILES string of the molecule is CCC(N)Cc1c(C)nn(C)c1Oc1ccc(F)c(Br)c1. The molecule has 2 rings (SSSR count). The van der Waals surface area contributed by atoms with Gasteiger partial charge in [-0.05, 0) is 53.9 Å². The lowest BCUT2D eigenvalue weighted by Crippen LogP contribution is -2.21. The van der Waals surface area contributed by atoms with Crippen molar-refractivity contribution in [1.82, 2.24) is 9.78 Å². The Kier molecular flexibility index (Phi) is 5.00. The molecule has 1 atom stereocenters. The molecule has 0 aliphatic rings. The fourth-order valence-corrected chi connectivity index (χ4v) is 2.46. The number of aryl methyl sites for hydroxylation is 2. The van der Waals surface area contributed by atoms with E-state index in [0.29, 0.717) is 22.5 Å². The molecule has 1 aromatic heterocycles. The van der Waals surface area contributed by atoms with Gasteiger partial charge < -0.3 is 10.5 Å². The van der Waals surface area contributed by atoms with Crippen LogP contribution < -0.4 is 10.5 Å². The summed E-state index contributed by atoms with van der Waals surface area (Å²) < 4.78 is 21.2. The summed E-state index contributed by atoms with van der Waals surface area (Å²) in [5.74, 6) is 0.879. The van der Waals surface area contributed by atoms with E-state index in [9.17, 15) is 4.39 Å².